The standard InChI is InChI=1S/C16H30O/c1-3-5-6-7-11-14-17-16(4-2)15-12-9-8-10-13-15/h11,14-16H,3-10,12-13H2,1-2H3. The fourth-order valence-corrected chi connectivity index (χ4v) is 2.78. The lowest BCUT2D eigenvalue weighted by Crippen LogP contribution is -2.23. The van der Waals surface area contributed by atoms with E-state index < -0.39 is 0 Å². The molecule has 1 heteroatoms. The van der Waals surface area contributed by atoms with Crippen molar-refractivity contribution in [1.29, 1.82) is 0 Å². The number of allylic oxidation sites excluding steroid dienone is 1. The summed E-state index contributed by atoms with van der Waals surface area (Å²) in [4.78, 5) is 0. The quantitative estimate of drug-likeness (QED) is 0.403. The summed E-state index contributed by atoms with van der Waals surface area (Å²) in [5.74, 6) is 0.814. The van der Waals surface area contributed by atoms with Crippen molar-refractivity contribution in [3.63, 3.8) is 0 Å². The minimum atomic E-state index is 0.470. The van der Waals surface area contributed by atoms with Gasteiger partial charge in [0.2, 0.25) is 0 Å². The molecule has 1 atom stereocenters. The normalized spacial score (nSPS) is 19.6. The van der Waals surface area contributed by atoms with Gasteiger partial charge in [0, 0.05) is 0 Å². The van der Waals surface area contributed by atoms with E-state index in [1.165, 1.54) is 57.8 Å². The van der Waals surface area contributed by atoms with E-state index in [1.807, 2.05) is 6.26 Å². The van der Waals surface area contributed by atoms with Gasteiger partial charge in [-0.15, -0.1) is 0 Å². The van der Waals surface area contributed by atoms with Crippen LogP contribution in [0, 0.1) is 5.92 Å². The number of rotatable bonds is 8. The Hall–Kier alpha value is -0.460. The van der Waals surface area contributed by atoms with Crippen molar-refractivity contribution in [2.24, 2.45) is 5.92 Å². The first-order valence-corrected chi connectivity index (χ1v) is 7.69. The van der Waals surface area contributed by atoms with E-state index in [4.69, 9.17) is 4.74 Å². The Morgan fingerprint density at radius 3 is 2.53 bits per heavy atom. The zero-order chi connectivity index (χ0) is 12.3. The third kappa shape index (κ3) is 6.14. The summed E-state index contributed by atoms with van der Waals surface area (Å²) < 4.78 is 5.93. The minimum Gasteiger partial charge on any atom is -0.498 e. The second-order valence-electron chi connectivity index (χ2n) is 5.35. The Labute approximate surface area is 108 Å². The Morgan fingerprint density at radius 2 is 1.88 bits per heavy atom. The molecule has 1 fully saturated rings. The summed E-state index contributed by atoms with van der Waals surface area (Å²) in [6.45, 7) is 4.50. The molecule has 17 heavy (non-hydrogen) atoms. The van der Waals surface area contributed by atoms with Gasteiger partial charge in [-0.3, -0.25) is 0 Å². The van der Waals surface area contributed by atoms with Crippen LogP contribution in [0.2, 0.25) is 0 Å². The highest BCUT2D eigenvalue weighted by Crippen LogP contribution is 2.29. The fourth-order valence-electron chi connectivity index (χ4n) is 2.78. The number of ether oxygens (including phenoxy) is 1. The van der Waals surface area contributed by atoms with Crippen LogP contribution in [0.5, 0.6) is 0 Å². The smallest absolute Gasteiger partial charge is 0.100 e. The maximum atomic E-state index is 5.93. The number of hydrogen-bond donors (Lipinski definition) is 0. The molecule has 1 rings (SSSR count). The predicted molar refractivity (Wildman–Crippen MR) is 75.0 cm³/mol. The fraction of sp³-hybridized carbons (Fsp3) is 0.875. The second kappa shape index (κ2) is 9.56. The van der Waals surface area contributed by atoms with Gasteiger partial charge in [-0.05, 0) is 44.1 Å². The first-order valence-electron chi connectivity index (χ1n) is 7.69. The lowest BCUT2D eigenvalue weighted by Gasteiger charge is -2.28. The topological polar surface area (TPSA) is 9.23 Å². The molecule has 0 saturated heterocycles. The molecule has 0 aromatic rings. The summed E-state index contributed by atoms with van der Waals surface area (Å²) in [7, 11) is 0. The van der Waals surface area contributed by atoms with Crippen LogP contribution >= 0.6 is 0 Å². The summed E-state index contributed by atoms with van der Waals surface area (Å²) >= 11 is 0. The van der Waals surface area contributed by atoms with E-state index >= 15 is 0 Å². The van der Waals surface area contributed by atoms with Crippen molar-refractivity contribution in [2.45, 2.75) is 84.2 Å². The van der Waals surface area contributed by atoms with Crippen LogP contribution in [0.1, 0.15) is 78.1 Å². The molecule has 1 aliphatic carbocycles. The van der Waals surface area contributed by atoms with Gasteiger partial charge in [0.15, 0.2) is 0 Å². The van der Waals surface area contributed by atoms with Crippen molar-refractivity contribution in [1.82, 2.24) is 0 Å². The SMILES string of the molecule is CCCCCC=COC(CC)C1CCCCC1. The van der Waals surface area contributed by atoms with E-state index in [0.29, 0.717) is 6.10 Å². The van der Waals surface area contributed by atoms with Crippen LogP contribution in [0.3, 0.4) is 0 Å². The van der Waals surface area contributed by atoms with E-state index in [9.17, 15) is 0 Å². The molecule has 0 radical (unpaired) electrons. The van der Waals surface area contributed by atoms with Gasteiger partial charge in [-0.25, -0.2) is 0 Å². The van der Waals surface area contributed by atoms with Crippen molar-refractivity contribution >= 4 is 0 Å². The van der Waals surface area contributed by atoms with Gasteiger partial charge in [-0.2, -0.15) is 0 Å². The number of unbranched alkanes of at least 4 members (excludes halogenated alkanes) is 3. The zero-order valence-corrected chi connectivity index (χ0v) is 11.8. The third-order valence-corrected chi connectivity index (χ3v) is 3.90. The number of hydrogen-bond acceptors (Lipinski definition) is 1. The van der Waals surface area contributed by atoms with Gasteiger partial charge >= 0.3 is 0 Å². The van der Waals surface area contributed by atoms with Gasteiger partial charge in [0.1, 0.15) is 6.10 Å². The first-order chi connectivity index (χ1) is 8.38. The molecule has 0 N–H and O–H groups in total. The Morgan fingerprint density at radius 1 is 1.12 bits per heavy atom. The summed E-state index contributed by atoms with van der Waals surface area (Å²) in [6, 6.07) is 0. The monoisotopic (exact) mass is 238 g/mol. The Bertz CT molecular complexity index is 192. The molecule has 0 bridgehead atoms. The molecule has 0 aromatic heterocycles. The van der Waals surface area contributed by atoms with Gasteiger partial charge < -0.3 is 4.74 Å². The first kappa shape index (κ1) is 14.6. The molecule has 0 heterocycles. The third-order valence-electron chi connectivity index (χ3n) is 3.90. The van der Waals surface area contributed by atoms with E-state index in [2.05, 4.69) is 19.9 Å². The highest BCUT2D eigenvalue weighted by Gasteiger charge is 2.22. The maximum absolute atomic E-state index is 5.93. The van der Waals surface area contributed by atoms with Crippen LogP contribution in [0.25, 0.3) is 0 Å². The lowest BCUT2D eigenvalue weighted by atomic mass is 9.84. The largest absolute Gasteiger partial charge is 0.498 e. The molecule has 0 aliphatic heterocycles. The average molecular weight is 238 g/mol. The van der Waals surface area contributed by atoms with Crippen molar-refractivity contribution < 1.29 is 4.74 Å². The molecule has 1 aliphatic rings. The van der Waals surface area contributed by atoms with Crippen LogP contribution < -0.4 is 0 Å². The summed E-state index contributed by atoms with van der Waals surface area (Å²) in [5.41, 5.74) is 0. The lowest BCUT2D eigenvalue weighted by molar-refractivity contribution is 0.0629. The summed E-state index contributed by atoms with van der Waals surface area (Å²) in [6.07, 6.45) is 17.9. The molecule has 100 valence electrons. The van der Waals surface area contributed by atoms with E-state index in [0.717, 1.165) is 12.3 Å². The van der Waals surface area contributed by atoms with Crippen molar-refractivity contribution in [2.75, 3.05) is 0 Å². The molecular formula is C16H30O. The molecule has 1 nitrogen and oxygen atoms in total. The molecule has 0 amide bonds. The molecule has 0 spiro atoms. The van der Waals surface area contributed by atoms with Crippen molar-refractivity contribution in [3.05, 3.63) is 12.3 Å². The summed E-state index contributed by atoms with van der Waals surface area (Å²) in [5, 5.41) is 0. The predicted octanol–water partition coefficient (Wildman–Crippen LogP) is 5.46. The minimum absolute atomic E-state index is 0.470. The highest BCUT2D eigenvalue weighted by atomic mass is 16.5. The van der Waals surface area contributed by atoms with Gasteiger partial charge in [0.05, 0.1) is 6.26 Å². The van der Waals surface area contributed by atoms with Gasteiger partial charge in [-0.1, -0.05) is 46.0 Å². The zero-order valence-electron chi connectivity index (χ0n) is 11.8. The van der Waals surface area contributed by atoms with Crippen LogP contribution in [0.15, 0.2) is 12.3 Å². The van der Waals surface area contributed by atoms with Crippen LogP contribution in [0.4, 0.5) is 0 Å². The van der Waals surface area contributed by atoms with Crippen LogP contribution in [-0.4, -0.2) is 6.10 Å². The highest BCUT2D eigenvalue weighted by molar-refractivity contribution is 4.79. The molecule has 1 saturated carbocycles. The maximum Gasteiger partial charge on any atom is 0.100 e. The van der Waals surface area contributed by atoms with Gasteiger partial charge in [0.25, 0.3) is 0 Å². The average Bonchev–Trinajstić information content (AvgIpc) is 2.39. The Kier molecular flexibility index (Phi) is 8.21. The molecule has 1 unspecified atom stereocenters. The van der Waals surface area contributed by atoms with E-state index in [1.54, 1.807) is 0 Å². The molecule has 0 aromatic carbocycles. The van der Waals surface area contributed by atoms with E-state index in [-0.39, 0.29) is 0 Å². The molecular weight excluding hydrogens is 208 g/mol. The Balaban J connectivity index is 2.16. The van der Waals surface area contributed by atoms with Crippen LogP contribution in [-0.2, 0) is 4.74 Å². The van der Waals surface area contributed by atoms with Crippen molar-refractivity contribution in [3.8, 4) is 0 Å². The second-order valence-corrected chi connectivity index (χ2v) is 5.35.